The van der Waals surface area contributed by atoms with E-state index in [0.29, 0.717) is 17.6 Å². The zero-order valence-electron chi connectivity index (χ0n) is 11.7. The summed E-state index contributed by atoms with van der Waals surface area (Å²) in [6.45, 7) is 6.01. The molecule has 0 fully saturated rings. The van der Waals surface area contributed by atoms with E-state index >= 15 is 0 Å². The number of carboxylic acid groups (broad SMARTS) is 1. The molecule has 0 atom stereocenters. The molecule has 1 aromatic rings. The highest BCUT2D eigenvalue weighted by Gasteiger charge is 2.17. The second-order valence-corrected chi connectivity index (χ2v) is 5.59. The number of benzene rings is 1. The Bertz CT molecular complexity index is 499. The number of halogens is 1. The van der Waals surface area contributed by atoms with Crippen LogP contribution in [-0.4, -0.2) is 18.2 Å². The normalized spacial score (nSPS) is 12.4. The number of allylic oxidation sites excluding steroid dienone is 1. The van der Waals surface area contributed by atoms with E-state index in [4.69, 9.17) is 9.84 Å². The fraction of sp³-hybridized carbons (Fsp3) is 0.400. The van der Waals surface area contributed by atoms with E-state index in [-0.39, 0.29) is 11.2 Å². The molecule has 0 saturated carbocycles. The van der Waals surface area contributed by atoms with Gasteiger partial charge in [0.25, 0.3) is 0 Å². The molecule has 0 aliphatic heterocycles. The maximum atomic E-state index is 13.7. The first-order chi connectivity index (χ1) is 8.73. The first kappa shape index (κ1) is 15.2. The molecule has 0 aromatic heterocycles. The quantitative estimate of drug-likeness (QED) is 0.844. The maximum Gasteiger partial charge on any atom is 0.328 e. The Hall–Kier alpha value is -1.84. The summed E-state index contributed by atoms with van der Waals surface area (Å²) in [5, 5.41) is 8.92. The van der Waals surface area contributed by atoms with E-state index in [9.17, 15) is 9.18 Å². The van der Waals surface area contributed by atoms with Crippen LogP contribution in [0.1, 0.15) is 32.8 Å². The fourth-order valence-corrected chi connectivity index (χ4v) is 1.82. The van der Waals surface area contributed by atoms with Gasteiger partial charge < -0.3 is 9.84 Å². The van der Waals surface area contributed by atoms with Crippen molar-refractivity contribution in [3.63, 3.8) is 0 Å². The minimum absolute atomic E-state index is 0.0856. The second-order valence-electron chi connectivity index (χ2n) is 5.59. The van der Waals surface area contributed by atoms with E-state index < -0.39 is 11.8 Å². The average Bonchev–Trinajstić information content (AvgIpc) is 2.25. The lowest BCUT2D eigenvalue weighted by atomic mass is 9.85. The van der Waals surface area contributed by atoms with Crippen LogP contribution >= 0.6 is 0 Å². The van der Waals surface area contributed by atoms with Gasteiger partial charge in [-0.05, 0) is 35.1 Å². The standard InChI is InChI=1S/C15H19FO3/c1-15(2,3)9-11(8-14(17)18)10-5-6-13(19-4)12(16)7-10/h5-8H,9H2,1-4H3,(H,17,18)/b11-8-. The largest absolute Gasteiger partial charge is 0.494 e. The number of methoxy groups -OCH3 is 1. The summed E-state index contributed by atoms with van der Waals surface area (Å²) < 4.78 is 18.5. The maximum absolute atomic E-state index is 13.7. The Labute approximate surface area is 112 Å². The average molecular weight is 266 g/mol. The highest BCUT2D eigenvalue weighted by Crippen LogP contribution is 2.32. The van der Waals surface area contributed by atoms with E-state index in [0.717, 1.165) is 6.08 Å². The third-order valence-electron chi connectivity index (χ3n) is 2.54. The molecule has 1 aromatic carbocycles. The van der Waals surface area contributed by atoms with Crippen LogP contribution in [0.4, 0.5) is 4.39 Å². The van der Waals surface area contributed by atoms with Gasteiger partial charge in [0.2, 0.25) is 0 Å². The molecular formula is C15H19FO3. The summed E-state index contributed by atoms with van der Waals surface area (Å²) in [5.41, 5.74) is 1.08. The molecule has 0 unspecified atom stereocenters. The summed E-state index contributed by atoms with van der Waals surface area (Å²) in [4.78, 5) is 10.9. The molecule has 19 heavy (non-hydrogen) atoms. The molecule has 0 radical (unpaired) electrons. The van der Waals surface area contributed by atoms with Crippen LogP contribution in [0.2, 0.25) is 0 Å². The summed E-state index contributed by atoms with van der Waals surface area (Å²) in [6, 6.07) is 4.48. The van der Waals surface area contributed by atoms with E-state index in [1.165, 1.54) is 19.2 Å². The van der Waals surface area contributed by atoms with E-state index in [1.54, 1.807) is 6.07 Å². The fourth-order valence-electron chi connectivity index (χ4n) is 1.82. The van der Waals surface area contributed by atoms with Gasteiger partial charge in [-0.2, -0.15) is 0 Å². The monoisotopic (exact) mass is 266 g/mol. The summed E-state index contributed by atoms with van der Waals surface area (Å²) >= 11 is 0. The predicted octanol–water partition coefficient (Wildman–Crippen LogP) is 3.74. The third kappa shape index (κ3) is 4.73. The number of hydrogen-bond acceptors (Lipinski definition) is 2. The lowest BCUT2D eigenvalue weighted by Crippen LogP contribution is -2.07. The summed E-state index contributed by atoms with van der Waals surface area (Å²) in [6.07, 6.45) is 1.68. The Morgan fingerprint density at radius 2 is 2.05 bits per heavy atom. The van der Waals surface area contributed by atoms with Gasteiger partial charge in [-0.3, -0.25) is 0 Å². The van der Waals surface area contributed by atoms with Gasteiger partial charge in [-0.25, -0.2) is 9.18 Å². The molecule has 104 valence electrons. The van der Waals surface area contributed by atoms with E-state index in [1.807, 2.05) is 20.8 Å². The molecule has 0 saturated heterocycles. The number of rotatable bonds is 4. The topological polar surface area (TPSA) is 46.5 Å². The molecular weight excluding hydrogens is 247 g/mol. The van der Waals surface area contributed by atoms with Crippen LogP contribution in [-0.2, 0) is 4.79 Å². The molecule has 1 N–H and O–H groups in total. The first-order valence-electron chi connectivity index (χ1n) is 6.00. The SMILES string of the molecule is COc1ccc(/C(=C\C(=O)O)CC(C)(C)C)cc1F. The zero-order valence-corrected chi connectivity index (χ0v) is 11.7. The first-order valence-corrected chi connectivity index (χ1v) is 6.00. The lowest BCUT2D eigenvalue weighted by Gasteiger charge is -2.20. The predicted molar refractivity (Wildman–Crippen MR) is 72.6 cm³/mol. The molecule has 0 aliphatic rings. The smallest absolute Gasteiger partial charge is 0.328 e. The Kier molecular flexibility index (Phi) is 4.70. The van der Waals surface area contributed by atoms with Crippen molar-refractivity contribution in [3.8, 4) is 5.75 Å². The van der Waals surface area contributed by atoms with Crippen LogP contribution in [0.25, 0.3) is 5.57 Å². The lowest BCUT2D eigenvalue weighted by molar-refractivity contribution is -0.131. The summed E-state index contributed by atoms with van der Waals surface area (Å²) in [7, 11) is 1.39. The van der Waals surface area contributed by atoms with Crippen LogP contribution in [0.3, 0.4) is 0 Å². The van der Waals surface area contributed by atoms with Gasteiger partial charge in [0.05, 0.1) is 7.11 Å². The molecule has 4 heteroatoms. The number of aliphatic carboxylic acids is 1. The van der Waals surface area contributed by atoms with Crippen molar-refractivity contribution in [2.75, 3.05) is 7.11 Å². The van der Waals surface area contributed by atoms with Gasteiger partial charge in [-0.15, -0.1) is 0 Å². The van der Waals surface area contributed by atoms with Crippen molar-refractivity contribution in [3.05, 3.63) is 35.7 Å². The van der Waals surface area contributed by atoms with Crippen LogP contribution in [0.15, 0.2) is 24.3 Å². The molecule has 0 amide bonds. The second kappa shape index (κ2) is 5.87. The van der Waals surface area contributed by atoms with Gasteiger partial charge in [0.1, 0.15) is 0 Å². The highest BCUT2D eigenvalue weighted by atomic mass is 19.1. The van der Waals surface area contributed by atoms with Gasteiger partial charge in [0.15, 0.2) is 11.6 Å². The van der Waals surface area contributed by atoms with Gasteiger partial charge in [-0.1, -0.05) is 26.8 Å². The van der Waals surface area contributed by atoms with Crippen molar-refractivity contribution >= 4 is 11.5 Å². The van der Waals surface area contributed by atoms with Crippen molar-refractivity contribution in [2.45, 2.75) is 27.2 Å². The van der Waals surface area contributed by atoms with E-state index in [2.05, 4.69) is 0 Å². The molecule has 0 spiro atoms. The molecule has 0 bridgehead atoms. The minimum atomic E-state index is -1.03. The van der Waals surface area contributed by atoms with Crippen molar-refractivity contribution < 1.29 is 19.0 Å². The van der Waals surface area contributed by atoms with Crippen molar-refractivity contribution in [1.29, 1.82) is 0 Å². The van der Waals surface area contributed by atoms with Crippen molar-refractivity contribution in [2.24, 2.45) is 5.41 Å². The number of ether oxygens (including phenoxy) is 1. The highest BCUT2D eigenvalue weighted by molar-refractivity contribution is 5.90. The van der Waals surface area contributed by atoms with Crippen LogP contribution < -0.4 is 4.74 Å². The number of carboxylic acids is 1. The van der Waals surface area contributed by atoms with Gasteiger partial charge in [0, 0.05) is 6.08 Å². The molecule has 3 nitrogen and oxygen atoms in total. The zero-order chi connectivity index (χ0) is 14.6. The molecule has 0 heterocycles. The number of hydrogen-bond donors (Lipinski definition) is 1. The Morgan fingerprint density at radius 1 is 1.42 bits per heavy atom. The third-order valence-corrected chi connectivity index (χ3v) is 2.54. The van der Waals surface area contributed by atoms with Crippen LogP contribution in [0, 0.1) is 11.2 Å². The Balaban J connectivity index is 3.19. The Morgan fingerprint density at radius 3 is 2.47 bits per heavy atom. The number of carbonyl (C=O) groups is 1. The minimum Gasteiger partial charge on any atom is -0.494 e. The van der Waals surface area contributed by atoms with Gasteiger partial charge >= 0.3 is 5.97 Å². The van der Waals surface area contributed by atoms with Crippen LogP contribution in [0.5, 0.6) is 5.75 Å². The van der Waals surface area contributed by atoms with Crippen molar-refractivity contribution in [1.82, 2.24) is 0 Å². The molecule has 1 rings (SSSR count). The molecule has 0 aliphatic carbocycles. The summed E-state index contributed by atoms with van der Waals surface area (Å²) in [5.74, 6) is -1.38.